The highest BCUT2D eigenvalue weighted by atomic mass is 35.5. The fraction of sp³-hybridized carbons (Fsp3) is 0.200. The number of nitrogens with one attached hydrogen (secondary N) is 4. The molecule has 160 valence electrons. The fourth-order valence-electron chi connectivity index (χ4n) is 3.20. The second-order valence-electron chi connectivity index (χ2n) is 6.80. The predicted molar refractivity (Wildman–Crippen MR) is 120 cm³/mol. The molecule has 0 radical (unpaired) electrons. The normalized spacial score (nSPS) is 13.7. The number of aromatic amines is 1. The third-order valence-corrected chi connectivity index (χ3v) is 5.41. The number of piperazine rings is 1. The molecule has 2 amide bonds. The van der Waals surface area contributed by atoms with Gasteiger partial charge >= 0.3 is 0 Å². The molecule has 4 rings (SSSR count). The number of pyridine rings is 1. The maximum absolute atomic E-state index is 12.7. The first-order valence-corrected chi connectivity index (χ1v) is 10.3. The largest absolute Gasteiger partial charge is 0.368 e. The first kappa shape index (κ1) is 21.1. The van der Waals surface area contributed by atoms with Gasteiger partial charge in [0.15, 0.2) is 0 Å². The van der Waals surface area contributed by atoms with E-state index >= 15 is 0 Å². The molecular weight excluding hydrogens is 441 g/mol. The number of nitrogens with zero attached hydrogens (tertiary/aromatic N) is 3. The molecule has 3 heterocycles. The number of benzene rings is 1. The number of amides is 2. The minimum Gasteiger partial charge on any atom is -0.368 e. The number of rotatable bonds is 5. The van der Waals surface area contributed by atoms with Gasteiger partial charge in [-0.3, -0.25) is 14.7 Å². The number of H-pyrrole nitrogens is 1. The van der Waals surface area contributed by atoms with Crippen LogP contribution < -0.4 is 20.9 Å². The van der Waals surface area contributed by atoms with Crippen molar-refractivity contribution in [3.63, 3.8) is 0 Å². The van der Waals surface area contributed by atoms with E-state index in [9.17, 15) is 9.59 Å². The zero-order chi connectivity index (χ0) is 21.8. The maximum atomic E-state index is 12.7. The molecular formula is C20H19Cl2N7O2. The Labute approximate surface area is 188 Å². The molecule has 0 saturated carbocycles. The van der Waals surface area contributed by atoms with Gasteiger partial charge in [-0.15, -0.1) is 0 Å². The van der Waals surface area contributed by atoms with Gasteiger partial charge < -0.3 is 20.9 Å². The molecule has 0 bridgehead atoms. The first-order valence-electron chi connectivity index (χ1n) is 9.55. The van der Waals surface area contributed by atoms with Crippen molar-refractivity contribution < 1.29 is 9.59 Å². The Morgan fingerprint density at radius 3 is 2.39 bits per heavy atom. The van der Waals surface area contributed by atoms with E-state index in [0.29, 0.717) is 5.82 Å². The Hall–Kier alpha value is -3.14. The lowest BCUT2D eigenvalue weighted by Gasteiger charge is -2.29. The van der Waals surface area contributed by atoms with Gasteiger partial charge in [-0.2, -0.15) is 5.10 Å². The van der Waals surface area contributed by atoms with Crippen LogP contribution in [0.4, 0.5) is 17.2 Å². The van der Waals surface area contributed by atoms with Crippen LogP contribution in [0.3, 0.4) is 0 Å². The molecule has 1 aliphatic heterocycles. The van der Waals surface area contributed by atoms with Crippen LogP contribution in [-0.4, -0.2) is 53.2 Å². The molecule has 0 spiro atoms. The van der Waals surface area contributed by atoms with Gasteiger partial charge in [0, 0.05) is 26.2 Å². The van der Waals surface area contributed by atoms with Crippen molar-refractivity contribution in [2.24, 2.45) is 0 Å². The van der Waals surface area contributed by atoms with Crippen LogP contribution in [0.1, 0.15) is 20.8 Å². The summed E-state index contributed by atoms with van der Waals surface area (Å²) in [5.41, 5.74) is 1.37. The minimum atomic E-state index is -0.551. The quantitative estimate of drug-likeness (QED) is 0.466. The number of halogens is 2. The third kappa shape index (κ3) is 4.79. The number of carbonyl (C=O) groups excluding carboxylic acids is 2. The Morgan fingerprint density at radius 1 is 0.968 bits per heavy atom. The Bertz CT molecular complexity index is 1070. The molecule has 1 aromatic carbocycles. The molecule has 1 saturated heterocycles. The highest BCUT2D eigenvalue weighted by Crippen LogP contribution is 2.26. The molecule has 0 aliphatic carbocycles. The summed E-state index contributed by atoms with van der Waals surface area (Å²) in [7, 11) is 0. The van der Waals surface area contributed by atoms with E-state index < -0.39 is 11.8 Å². The second-order valence-corrected chi connectivity index (χ2v) is 7.62. The predicted octanol–water partition coefficient (Wildman–Crippen LogP) is 3.03. The maximum Gasteiger partial charge on any atom is 0.276 e. The summed E-state index contributed by atoms with van der Waals surface area (Å²) < 4.78 is 0. The average molecular weight is 460 g/mol. The summed E-state index contributed by atoms with van der Waals surface area (Å²) >= 11 is 12.2. The van der Waals surface area contributed by atoms with Gasteiger partial charge in [0.1, 0.15) is 11.5 Å². The summed E-state index contributed by atoms with van der Waals surface area (Å²) in [4.78, 5) is 31.8. The van der Waals surface area contributed by atoms with Gasteiger partial charge in [0.25, 0.3) is 11.8 Å². The lowest BCUT2D eigenvalue weighted by atomic mass is 10.2. The van der Waals surface area contributed by atoms with Crippen molar-refractivity contribution in [3.05, 3.63) is 64.0 Å². The van der Waals surface area contributed by atoms with Crippen molar-refractivity contribution in [2.45, 2.75) is 0 Å². The van der Waals surface area contributed by atoms with Crippen LogP contribution in [0.25, 0.3) is 0 Å². The summed E-state index contributed by atoms with van der Waals surface area (Å²) in [5, 5.41) is 15.5. The van der Waals surface area contributed by atoms with Crippen LogP contribution in [0, 0.1) is 0 Å². The van der Waals surface area contributed by atoms with Crippen molar-refractivity contribution in [2.75, 3.05) is 41.7 Å². The minimum absolute atomic E-state index is 0.0736. The molecule has 9 nitrogen and oxygen atoms in total. The summed E-state index contributed by atoms with van der Waals surface area (Å²) in [5.74, 6) is -0.671. The Morgan fingerprint density at radius 2 is 1.71 bits per heavy atom. The lowest BCUT2D eigenvalue weighted by molar-refractivity contribution is 0.102. The van der Waals surface area contributed by atoms with E-state index in [0.717, 1.165) is 31.9 Å². The van der Waals surface area contributed by atoms with Crippen molar-refractivity contribution in [1.82, 2.24) is 20.5 Å². The van der Waals surface area contributed by atoms with Gasteiger partial charge in [-0.25, -0.2) is 4.98 Å². The van der Waals surface area contributed by atoms with Crippen molar-refractivity contribution in [1.29, 1.82) is 0 Å². The van der Waals surface area contributed by atoms with Crippen LogP contribution >= 0.6 is 23.2 Å². The van der Waals surface area contributed by atoms with Crippen LogP contribution in [0.5, 0.6) is 0 Å². The van der Waals surface area contributed by atoms with Crippen LogP contribution in [-0.2, 0) is 0 Å². The third-order valence-electron chi connectivity index (χ3n) is 4.78. The van der Waals surface area contributed by atoms with E-state index in [1.165, 1.54) is 6.20 Å². The zero-order valence-electron chi connectivity index (χ0n) is 16.3. The standard InChI is InChI=1S/C20H19Cl2N7O2/c21-13-2-1-3-14(22)17(13)19(30)26-15-11-25-28-18(15)20(31)27-16-5-4-12(10-24-16)29-8-6-23-7-9-29/h1-5,10-11,23H,6-9H2,(H,25,28)(H,26,30)(H,24,27,31). The number of aromatic nitrogens is 3. The number of hydrogen-bond acceptors (Lipinski definition) is 6. The fourth-order valence-corrected chi connectivity index (χ4v) is 3.77. The molecule has 31 heavy (non-hydrogen) atoms. The molecule has 11 heteroatoms. The molecule has 4 N–H and O–H groups in total. The van der Waals surface area contributed by atoms with E-state index in [2.05, 4.69) is 36.0 Å². The highest BCUT2D eigenvalue weighted by molar-refractivity contribution is 6.40. The monoisotopic (exact) mass is 459 g/mol. The second kappa shape index (κ2) is 9.34. The van der Waals surface area contributed by atoms with Gasteiger partial charge in [0.05, 0.1) is 39.4 Å². The lowest BCUT2D eigenvalue weighted by Crippen LogP contribution is -2.43. The molecule has 3 aromatic rings. The van der Waals surface area contributed by atoms with Crippen molar-refractivity contribution in [3.8, 4) is 0 Å². The van der Waals surface area contributed by atoms with Crippen LogP contribution in [0.2, 0.25) is 10.0 Å². The van der Waals surface area contributed by atoms with E-state index in [4.69, 9.17) is 23.2 Å². The van der Waals surface area contributed by atoms with Crippen molar-refractivity contribution >= 4 is 52.2 Å². The highest BCUT2D eigenvalue weighted by Gasteiger charge is 2.20. The average Bonchev–Trinajstić information content (AvgIpc) is 3.23. The van der Waals surface area contributed by atoms with E-state index in [-0.39, 0.29) is 27.0 Å². The van der Waals surface area contributed by atoms with Gasteiger partial charge in [-0.1, -0.05) is 29.3 Å². The SMILES string of the molecule is O=C(Nc1ccc(N2CCNCC2)cn1)c1[nH]ncc1NC(=O)c1c(Cl)cccc1Cl. The number of hydrogen-bond donors (Lipinski definition) is 4. The first-order chi connectivity index (χ1) is 15.0. The Balaban J connectivity index is 1.44. The number of carbonyl (C=O) groups is 2. The smallest absolute Gasteiger partial charge is 0.276 e. The summed E-state index contributed by atoms with van der Waals surface area (Å²) in [6.45, 7) is 3.65. The Kier molecular flexibility index (Phi) is 6.36. The topological polar surface area (TPSA) is 115 Å². The van der Waals surface area contributed by atoms with E-state index in [1.807, 2.05) is 6.07 Å². The molecule has 0 atom stereocenters. The van der Waals surface area contributed by atoms with Crippen LogP contribution in [0.15, 0.2) is 42.7 Å². The van der Waals surface area contributed by atoms with Gasteiger partial charge in [0.2, 0.25) is 0 Å². The number of anilines is 3. The molecule has 2 aromatic heterocycles. The molecule has 0 unspecified atom stereocenters. The van der Waals surface area contributed by atoms with E-state index in [1.54, 1.807) is 30.5 Å². The summed E-state index contributed by atoms with van der Waals surface area (Å²) in [6, 6.07) is 8.39. The summed E-state index contributed by atoms with van der Waals surface area (Å²) in [6.07, 6.45) is 3.05. The van der Waals surface area contributed by atoms with Gasteiger partial charge in [-0.05, 0) is 24.3 Å². The molecule has 1 fully saturated rings. The zero-order valence-corrected chi connectivity index (χ0v) is 17.8. The molecule has 1 aliphatic rings.